The molecule has 10 aromatic rings. The summed E-state index contributed by atoms with van der Waals surface area (Å²) in [6.45, 7) is 4.73. The fourth-order valence-corrected chi connectivity index (χ4v) is 10.1. The minimum absolute atomic E-state index is 0.107. The van der Waals surface area contributed by atoms with Gasteiger partial charge in [0.2, 0.25) is 0 Å². The summed E-state index contributed by atoms with van der Waals surface area (Å²) in [5.41, 5.74) is 15.5. The average molecular weight is 760 g/mol. The second kappa shape index (κ2) is 13.6. The summed E-state index contributed by atoms with van der Waals surface area (Å²) in [6, 6.07) is 67.2. The van der Waals surface area contributed by atoms with Crippen molar-refractivity contribution in [3.8, 4) is 78.7 Å². The third-order valence-electron chi connectivity index (χ3n) is 11.7. The number of rotatable bonds is 6. The van der Waals surface area contributed by atoms with Crippen molar-refractivity contribution in [1.29, 1.82) is 0 Å². The molecule has 0 saturated carbocycles. The molecule has 274 valence electrons. The first-order valence-corrected chi connectivity index (χ1v) is 20.6. The molecule has 58 heavy (non-hydrogen) atoms. The molecule has 11 rings (SSSR count). The lowest BCUT2D eigenvalue weighted by atomic mass is 9.81. The van der Waals surface area contributed by atoms with Gasteiger partial charge in [-0.2, -0.15) is 0 Å². The highest BCUT2D eigenvalue weighted by Gasteiger charge is 2.36. The standard InChI is InChI=1S/C54H37N3S/c1-54(2)47-30-28-37(34-15-6-3-7-16-34)32-46(47)43-29-27-39(33-48(43)54)42-24-14-26-45-44-25-13-23-41(49(44)58-50(42)45)38-21-12-22-40(31-38)53-56-51(35-17-8-4-9-18-35)55-52(57-53)36-19-10-5-11-20-36/h3-33H,1-2H3. The molecule has 1 aliphatic carbocycles. The zero-order valence-electron chi connectivity index (χ0n) is 32.1. The molecule has 4 heteroatoms. The van der Waals surface area contributed by atoms with E-state index in [0.717, 1.165) is 22.3 Å². The van der Waals surface area contributed by atoms with Crippen LogP contribution < -0.4 is 0 Å². The number of thiophene rings is 1. The van der Waals surface area contributed by atoms with Gasteiger partial charge in [0.05, 0.1) is 0 Å². The molecule has 8 aromatic carbocycles. The number of fused-ring (bicyclic) bond motifs is 6. The van der Waals surface area contributed by atoms with Gasteiger partial charge in [0.25, 0.3) is 0 Å². The van der Waals surface area contributed by atoms with Gasteiger partial charge in [0.1, 0.15) is 0 Å². The Bertz CT molecular complexity index is 3130. The van der Waals surface area contributed by atoms with Crippen LogP contribution in [0.15, 0.2) is 188 Å². The molecule has 0 radical (unpaired) electrons. The summed E-state index contributed by atoms with van der Waals surface area (Å²) in [6.07, 6.45) is 0. The first-order chi connectivity index (χ1) is 28.5. The molecule has 2 aromatic heterocycles. The van der Waals surface area contributed by atoms with Crippen LogP contribution in [0.3, 0.4) is 0 Å². The molecule has 1 aliphatic rings. The Morgan fingerprint density at radius 3 is 1.41 bits per heavy atom. The Hall–Kier alpha value is -7.01. The Balaban J connectivity index is 1.01. The maximum absolute atomic E-state index is 5.02. The molecule has 3 nitrogen and oxygen atoms in total. The molecule has 0 bridgehead atoms. The lowest BCUT2D eigenvalue weighted by Crippen LogP contribution is -2.15. The molecule has 0 aliphatic heterocycles. The fraction of sp³-hybridized carbons (Fsp3) is 0.0556. The molecule has 0 unspecified atom stereocenters. The molecule has 0 saturated heterocycles. The van der Waals surface area contributed by atoms with Crippen LogP contribution in [0, 0.1) is 0 Å². The summed E-state index contributed by atoms with van der Waals surface area (Å²) in [5.74, 6) is 1.97. The minimum atomic E-state index is -0.107. The van der Waals surface area contributed by atoms with Gasteiger partial charge >= 0.3 is 0 Å². The molecular weight excluding hydrogens is 723 g/mol. The van der Waals surface area contributed by atoms with E-state index in [1.54, 1.807) is 0 Å². The summed E-state index contributed by atoms with van der Waals surface area (Å²) in [5, 5.41) is 2.55. The van der Waals surface area contributed by atoms with Crippen molar-refractivity contribution in [1.82, 2.24) is 15.0 Å². The van der Waals surface area contributed by atoms with E-state index in [4.69, 9.17) is 15.0 Å². The van der Waals surface area contributed by atoms with Gasteiger partial charge in [-0.1, -0.05) is 184 Å². The van der Waals surface area contributed by atoms with E-state index in [0.29, 0.717) is 17.5 Å². The van der Waals surface area contributed by atoms with Gasteiger partial charge in [-0.05, 0) is 73.8 Å². The van der Waals surface area contributed by atoms with Crippen LogP contribution >= 0.6 is 11.3 Å². The third-order valence-corrected chi connectivity index (χ3v) is 13.0. The van der Waals surface area contributed by atoms with Gasteiger partial charge in [0, 0.05) is 42.3 Å². The lowest BCUT2D eigenvalue weighted by molar-refractivity contribution is 0.660. The number of aromatic nitrogens is 3. The smallest absolute Gasteiger partial charge is 0.164 e. The molecular formula is C54H37N3S. The topological polar surface area (TPSA) is 38.7 Å². The van der Waals surface area contributed by atoms with E-state index in [-0.39, 0.29) is 5.41 Å². The highest BCUT2D eigenvalue weighted by Crippen LogP contribution is 2.52. The predicted molar refractivity (Wildman–Crippen MR) is 243 cm³/mol. The Kier molecular flexibility index (Phi) is 8.02. The largest absolute Gasteiger partial charge is 0.208 e. The van der Waals surface area contributed by atoms with Crippen LogP contribution in [0.4, 0.5) is 0 Å². The normalized spacial score (nSPS) is 12.8. The minimum Gasteiger partial charge on any atom is -0.208 e. The zero-order chi connectivity index (χ0) is 38.8. The Morgan fingerprint density at radius 1 is 0.328 bits per heavy atom. The van der Waals surface area contributed by atoms with E-state index in [1.165, 1.54) is 70.2 Å². The Morgan fingerprint density at radius 2 is 0.810 bits per heavy atom. The monoisotopic (exact) mass is 759 g/mol. The summed E-state index contributed by atoms with van der Waals surface area (Å²) in [7, 11) is 0. The van der Waals surface area contributed by atoms with Crippen molar-refractivity contribution < 1.29 is 0 Å². The fourth-order valence-electron chi connectivity index (χ4n) is 8.77. The van der Waals surface area contributed by atoms with E-state index in [1.807, 2.05) is 72.0 Å². The highest BCUT2D eigenvalue weighted by atomic mass is 32.1. The average Bonchev–Trinajstić information content (AvgIpc) is 3.78. The number of nitrogens with zero attached hydrogens (tertiary/aromatic N) is 3. The second-order valence-electron chi connectivity index (χ2n) is 15.6. The van der Waals surface area contributed by atoms with Crippen LogP contribution in [0.5, 0.6) is 0 Å². The first-order valence-electron chi connectivity index (χ1n) is 19.8. The summed E-state index contributed by atoms with van der Waals surface area (Å²) >= 11 is 1.88. The third kappa shape index (κ3) is 5.68. The molecule has 0 N–H and O–H groups in total. The maximum Gasteiger partial charge on any atom is 0.164 e. The van der Waals surface area contributed by atoms with Crippen molar-refractivity contribution in [2.45, 2.75) is 19.3 Å². The SMILES string of the molecule is CC1(C)c2ccc(-c3ccccc3)cc2-c2ccc(-c3cccc4c3sc3c(-c5cccc(-c6nc(-c7ccccc7)nc(-c7ccccc7)n6)c5)cccc34)cc21. The van der Waals surface area contributed by atoms with Crippen molar-refractivity contribution in [3.05, 3.63) is 199 Å². The van der Waals surface area contributed by atoms with E-state index < -0.39 is 0 Å². The van der Waals surface area contributed by atoms with Crippen LogP contribution in [-0.4, -0.2) is 15.0 Å². The Labute approximate surface area is 342 Å². The molecule has 0 atom stereocenters. The van der Waals surface area contributed by atoms with Gasteiger partial charge in [0.15, 0.2) is 17.5 Å². The van der Waals surface area contributed by atoms with Crippen LogP contribution in [0.1, 0.15) is 25.0 Å². The number of hydrogen-bond donors (Lipinski definition) is 0. The van der Waals surface area contributed by atoms with Crippen molar-refractivity contribution in [2.75, 3.05) is 0 Å². The number of hydrogen-bond acceptors (Lipinski definition) is 4. The van der Waals surface area contributed by atoms with Gasteiger partial charge in [-0.15, -0.1) is 11.3 Å². The maximum atomic E-state index is 5.02. The van der Waals surface area contributed by atoms with Gasteiger partial charge < -0.3 is 0 Å². The van der Waals surface area contributed by atoms with Crippen LogP contribution in [-0.2, 0) is 5.41 Å². The van der Waals surface area contributed by atoms with Gasteiger partial charge in [-0.25, -0.2) is 15.0 Å². The molecule has 2 heterocycles. The van der Waals surface area contributed by atoms with Gasteiger partial charge in [-0.3, -0.25) is 0 Å². The van der Waals surface area contributed by atoms with E-state index in [2.05, 4.69) is 141 Å². The molecule has 0 spiro atoms. The van der Waals surface area contributed by atoms with Crippen molar-refractivity contribution in [3.63, 3.8) is 0 Å². The van der Waals surface area contributed by atoms with E-state index in [9.17, 15) is 0 Å². The first kappa shape index (κ1) is 34.3. The molecule has 0 amide bonds. The van der Waals surface area contributed by atoms with Crippen molar-refractivity contribution in [2.24, 2.45) is 0 Å². The quantitative estimate of drug-likeness (QED) is 0.169. The molecule has 0 fully saturated rings. The second-order valence-corrected chi connectivity index (χ2v) is 16.6. The predicted octanol–water partition coefficient (Wildman–Crippen LogP) is 14.5. The summed E-state index contributed by atoms with van der Waals surface area (Å²) < 4.78 is 2.58. The lowest BCUT2D eigenvalue weighted by Gasteiger charge is -2.22. The summed E-state index contributed by atoms with van der Waals surface area (Å²) in [4.78, 5) is 15.0. The van der Waals surface area contributed by atoms with Crippen LogP contribution in [0.2, 0.25) is 0 Å². The zero-order valence-corrected chi connectivity index (χ0v) is 33.0. The van der Waals surface area contributed by atoms with E-state index >= 15 is 0 Å². The number of benzene rings is 8. The highest BCUT2D eigenvalue weighted by molar-refractivity contribution is 7.26. The van der Waals surface area contributed by atoms with Crippen molar-refractivity contribution >= 4 is 31.5 Å². The van der Waals surface area contributed by atoms with Crippen LogP contribution in [0.25, 0.3) is 98.8 Å².